The van der Waals surface area contributed by atoms with Crippen molar-refractivity contribution < 1.29 is 5.11 Å². The van der Waals surface area contributed by atoms with Crippen LogP contribution >= 0.6 is 0 Å². The third kappa shape index (κ3) is 3.19. The molecule has 16 heavy (non-hydrogen) atoms. The highest BCUT2D eigenvalue weighted by Crippen LogP contribution is 2.24. The highest BCUT2D eigenvalue weighted by Gasteiger charge is 2.31. The number of aliphatic hydroxyl groups is 1. The van der Waals surface area contributed by atoms with E-state index in [1.54, 1.807) is 0 Å². The maximum absolute atomic E-state index is 9.39. The quantitative estimate of drug-likeness (QED) is 0.760. The molecular formula is C13H26N2O. The Bertz CT molecular complexity index is 202. The van der Waals surface area contributed by atoms with E-state index in [1.807, 2.05) is 6.92 Å². The van der Waals surface area contributed by atoms with Gasteiger partial charge in [-0.15, -0.1) is 0 Å². The van der Waals surface area contributed by atoms with Crippen molar-refractivity contribution in [2.24, 2.45) is 0 Å². The molecule has 2 aliphatic heterocycles. The zero-order valence-electron chi connectivity index (χ0n) is 10.5. The average molecular weight is 226 g/mol. The summed E-state index contributed by atoms with van der Waals surface area (Å²) >= 11 is 0. The molecule has 2 fully saturated rings. The van der Waals surface area contributed by atoms with Crippen molar-refractivity contribution in [2.75, 3.05) is 19.6 Å². The monoisotopic (exact) mass is 226 g/mol. The largest absolute Gasteiger partial charge is 0.393 e. The molecule has 2 rings (SSSR count). The van der Waals surface area contributed by atoms with Crippen LogP contribution in [0.3, 0.4) is 0 Å². The summed E-state index contributed by atoms with van der Waals surface area (Å²) in [6, 6.07) is 1.45. The van der Waals surface area contributed by atoms with Gasteiger partial charge in [0.1, 0.15) is 0 Å². The van der Waals surface area contributed by atoms with Gasteiger partial charge in [0.2, 0.25) is 0 Å². The van der Waals surface area contributed by atoms with Gasteiger partial charge in [-0.2, -0.15) is 0 Å². The predicted molar refractivity (Wildman–Crippen MR) is 66.5 cm³/mol. The molecule has 94 valence electrons. The number of likely N-dealkylation sites (tertiary alicyclic amines) is 1. The summed E-state index contributed by atoms with van der Waals surface area (Å²) in [4.78, 5) is 2.61. The van der Waals surface area contributed by atoms with Gasteiger partial charge in [0, 0.05) is 18.6 Å². The van der Waals surface area contributed by atoms with E-state index in [0.717, 1.165) is 19.0 Å². The molecule has 2 aliphatic rings. The van der Waals surface area contributed by atoms with Gasteiger partial charge in [-0.3, -0.25) is 4.90 Å². The average Bonchev–Trinajstić information content (AvgIpc) is 2.80. The Morgan fingerprint density at radius 2 is 2.19 bits per heavy atom. The Morgan fingerprint density at radius 3 is 2.88 bits per heavy atom. The molecule has 3 atom stereocenters. The van der Waals surface area contributed by atoms with Crippen molar-refractivity contribution in [1.29, 1.82) is 0 Å². The number of aliphatic hydroxyl groups excluding tert-OH is 1. The van der Waals surface area contributed by atoms with Crippen LogP contribution in [0.2, 0.25) is 0 Å². The van der Waals surface area contributed by atoms with Crippen LogP contribution in [0, 0.1) is 0 Å². The second-order valence-electron chi connectivity index (χ2n) is 5.44. The van der Waals surface area contributed by atoms with Crippen LogP contribution in [0.15, 0.2) is 0 Å². The predicted octanol–water partition coefficient (Wildman–Crippen LogP) is 1.36. The number of nitrogens with one attached hydrogen (secondary N) is 1. The molecule has 2 saturated heterocycles. The molecule has 0 aromatic rings. The lowest BCUT2D eigenvalue weighted by molar-refractivity contribution is 0.0931. The number of nitrogens with zero attached hydrogens (tertiary/aromatic N) is 1. The zero-order valence-corrected chi connectivity index (χ0v) is 10.5. The van der Waals surface area contributed by atoms with Gasteiger partial charge in [0.25, 0.3) is 0 Å². The van der Waals surface area contributed by atoms with Crippen LogP contribution in [0.25, 0.3) is 0 Å². The fraction of sp³-hybridized carbons (Fsp3) is 1.00. The first kappa shape index (κ1) is 12.3. The van der Waals surface area contributed by atoms with Crippen molar-refractivity contribution in [2.45, 2.75) is 63.6 Å². The van der Waals surface area contributed by atoms with E-state index in [0.29, 0.717) is 6.04 Å². The summed E-state index contributed by atoms with van der Waals surface area (Å²) in [5.74, 6) is 0. The maximum atomic E-state index is 9.39. The van der Waals surface area contributed by atoms with Gasteiger partial charge < -0.3 is 10.4 Å². The molecule has 3 unspecified atom stereocenters. The van der Waals surface area contributed by atoms with Crippen molar-refractivity contribution in [3.8, 4) is 0 Å². The van der Waals surface area contributed by atoms with E-state index in [4.69, 9.17) is 0 Å². The fourth-order valence-corrected chi connectivity index (χ4v) is 3.14. The second kappa shape index (κ2) is 5.99. The Kier molecular flexibility index (Phi) is 4.62. The molecular weight excluding hydrogens is 200 g/mol. The van der Waals surface area contributed by atoms with Crippen LogP contribution in [0.1, 0.15) is 45.4 Å². The zero-order chi connectivity index (χ0) is 11.4. The third-order valence-corrected chi connectivity index (χ3v) is 4.06. The summed E-state index contributed by atoms with van der Waals surface area (Å²) in [5.41, 5.74) is 0. The minimum absolute atomic E-state index is 0.154. The molecule has 0 aromatic carbocycles. The van der Waals surface area contributed by atoms with E-state index in [9.17, 15) is 5.11 Å². The molecule has 0 spiro atoms. The summed E-state index contributed by atoms with van der Waals surface area (Å²) < 4.78 is 0. The van der Waals surface area contributed by atoms with Crippen molar-refractivity contribution in [1.82, 2.24) is 10.2 Å². The first-order valence-corrected chi connectivity index (χ1v) is 6.93. The molecule has 0 bridgehead atoms. The first-order chi connectivity index (χ1) is 7.77. The van der Waals surface area contributed by atoms with E-state index in [-0.39, 0.29) is 6.10 Å². The summed E-state index contributed by atoms with van der Waals surface area (Å²) in [5, 5.41) is 13.0. The fourth-order valence-electron chi connectivity index (χ4n) is 3.14. The van der Waals surface area contributed by atoms with Crippen LogP contribution in [-0.2, 0) is 0 Å². The van der Waals surface area contributed by atoms with Crippen LogP contribution in [0.4, 0.5) is 0 Å². The number of piperidine rings is 1. The molecule has 0 aliphatic carbocycles. The lowest BCUT2D eigenvalue weighted by Gasteiger charge is -2.39. The minimum atomic E-state index is -0.154. The van der Waals surface area contributed by atoms with Gasteiger partial charge in [-0.25, -0.2) is 0 Å². The van der Waals surface area contributed by atoms with Crippen molar-refractivity contribution >= 4 is 0 Å². The van der Waals surface area contributed by atoms with E-state index in [1.165, 1.54) is 45.2 Å². The van der Waals surface area contributed by atoms with Gasteiger partial charge >= 0.3 is 0 Å². The summed E-state index contributed by atoms with van der Waals surface area (Å²) in [6.45, 7) is 5.40. The van der Waals surface area contributed by atoms with Crippen LogP contribution in [0.5, 0.6) is 0 Å². The highest BCUT2D eigenvalue weighted by atomic mass is 16.3. The number of hydrogen-bond donors (Lipinski definition) is 2. The number of rotatable bonds is 4. The normalized spacial score (nSPS) is 34.1. The first-order valence-electron chi connectivity index (χ1n) is 6.93. The topological polar surface area (TPSA) is 35.5 Å². The third-order valence-electron chi connectivity index (χ3n) is 4.06. The van der Waals surface area contributed by atoms with E-state index in [2.05, 4.69) is 10.2 Å². The summed E-state index contributed by atoms with van der Waals surface area (Å²) in [7, 11) is 0. The van der Waals surface area contributed by atoms with Crippen molar-refractivity contribution in [3.63, 3.8) is 0 Å². The molecule has 3 nitrogen and oxygen atoms in total. The molecule has 0 amide bonds. The highest BCUT2D eigenvalue weighted by molar-refractivity contribution is 4.90. The van der Waals surface area contributed by atoms with Gasteiger partial charge in [-0.1, -0.05) is 6.42 Å². The molecule has 0 radical (unpaired) electrons. The molecule has 0 saturated carbocycles. The Morgan fingerprint density at radius 1 is 1.31 bits per heavy atom. The van der Waals surface area contributed by atoms with Gasteiger partial charge in [-0.05, 0) is 52.1 Å². The Balaban J connectivity index is 1.85. The van der Waals surface area contributed by atoms with Crippen molar-refractivity contribution in [3.05, 3.63) is 0 Å². The molecule has 2 heterocycles. The minimum Gasteiger partial charge on any atom is -0.393 e. The van der Waals surface area contributed by atoms with E-state index < -0.39 is 0 Å². The lowest BCUT2D eigenvalue weighted by Crippen LogP contribution is -2.50. The molecule has 0 aromatic heterocycles. The molecule has 3 heteroatoms. The maximum Gasteiger partial charge on any atom is 0.0524 e. The molecule has 2 N–H and O–H groups in total. The van der Waals surface area contributed by atoms with Crippen LogP contribution in [-0.4, -0.2) is 47.8 Å². The van der Waals surface area contributed by atoms with Crippen LogP contribution < -0.4 is 5.32 Å². The smallest absolute Gasteiger partial charge is 0.0524 e. The Hall–Kier alpha value is -0.120. The second-order valence-corrected chi connectivity index (χ2v) is 5.44. The SMILES string of the molecule is CC(O)CCN1CCCCC1C1CCCN1. The number of hydrogen-bond acceptors (Lipinski definition) is 3. The van der Waals surface area contributed by atoms with E-state index >= 15 is 0 Å². The Labute approximate surface area is 99.2 Å². The van der Waals surface area contributed by atoms with Gasteiger partial charge in [0.15, 0.2) is 0 Å². The lowest BCUT2D eigenvalue weighted by atomic mass is 9.94. The summed E-state index contributed by atoms with van der Waals surface area (Å²) in [6.07, 6.45) is 7.51. The standard InChI is InChI=1S/C13H26N2O/c1-11(16)7-10-15-9-3-2-6-13(15)12-5-4-8-14-12/h11-14,16H,2-10H2,1H3. The van der Waals surface area contributed by atoms with Gasteiger partial charge in [0.05, 0.1) is 6.10 Å².